The minimum Gasteiger partial charge on any atom is -0.309 e. The Morgan fingerprint density at radius 2 is 0.754 bits per heavy atom. The lowest BCUT2D eigenvalue weighted by atomic mass is 9.96. The first-order chi connectivity index (χ1) is 34.2. The monoisotopic (exact) mass is 900 g/mol. The summed E-state index contributed by atoms with van der Waals surface area (Å²) in [6, 6.07) is 79.1. The molecular formula is C62H40N6S+2. The largest absolute Gasteiger partial charge is 0.324 e. The zero-order valence-electron chi connectivity index (χ0n) is 37.2. The lowest BCUT2D eigenvalue weighted by Crippen LogP contribution is -2.40. The first-order valence-corrected chi connectivity index (χ1v) is 24.4. The van der Waals surface area contributed by atoms with Crippen LogP contribution in [0.5, 0.6) is 0 Å². The van der Waals surface area contributed by atoms with E-state index in [4.69, 9.17) is 9.98 Å². The van der Waals surface area contributed by atoms with Crippen LogP contribution in [0.3, 0.4) is 0 Å². The van der Waals surface area contributed by atoms with Gasteiger partial charge in [0, 0.05) is 87.5 Å². The molecule has 2 aliphatic rings. The number of rotatable bonds is 6. The van der Waals surface area contributed by atoms with Crippen LogP contribution in [0.2, 0.25) is 0 Å². The van der Waals surface area contributed by atoms with E-state index in [0.717, 1.165) is 45.6 Å². The number of pyridine rings is 2. The van der Waals surface area contributed by atoms with E-state index in [-0.39, 0.29) is 12.1 Å². The molecule has 2 aliphatic heterocycles. The Balaban J connectivity index is 0.854. The van der Waals surface area contributed by atoms with Gasteiger partial charge < -0.3 is 9.13 Å². The van der Waals surface area contributed by atoms with Gasteiger partial charge in [0.05, 0.1) is 34.5 Å². The summed E-state index contributed by atoms with van der Waals surface area (Å²) < 4.78 is 12.1. The zero-order valence-corrected chi connectivity index (χ0v) is 38.0. The van der Waals surface area contributed by atoms with E-state index < -0.39 is 0 Å². The van der Waals surface area contributed by atoms with Crippen LogP contribution in [0.15, 0.2) is 241 Å². The van der Waals surface area contributed by atoms with Crippen LogP contribution in [0.4, 0.5) is 11.6 Å². The molecule has 0 bridgehead atoms. The third-order valence-electron chi connectivity index (χ3n) is 14.4. The zero-order chi connectivity index (χ0) is 45.2. The lowest BCUT2D eigenvalue weighted by molar-refractivity contribution is -0.680. The topological polar surface area (TPSA) is 42.3 Å². The van der Waals surface area contributed by atoms with Crippen LogP contribution in [-0.4, -0.2) is 20.6 Å². The van der Waals surface area contributed by atoms with Crippen LogP contribution >= 0.6 is 11.3 Å². The van der Waals surface area contributed by atoms with Gasteiger partial charge in [0.2, 0.25) is 11.4 Å². The molecule has 0 fully saturated rings. The summed E-state index contributed by atoms with van der Waals surface area (Å²) in [5.74, 6) is 1.93. The van der Waals surface area contributed by atoms with E-state index in [1.165, 1.54) is 74.9 Å². The molecule has 0 saturated carbocycles. The Hall–Kier alpha value is -8.78. The SMILES string of the molecule is c1ccc(C2C(c3ccc(-n4c5ccccc5c5c6sc7c(ccc8c7c7ccccc7n8-c7ccc(C8=Nc9cccc[n+]9C8c8ccccc8)cc7)c6ccc54)cc3)=Nc3cccc[n+]32)cc1. The molecule has 69 heavy (non-hydrogen) atoms. The summed E-state index contributed by atoms with van der Waals surface area (Å²) in [4.78, 5) is 10.4. The van der Waals surface area contributed by atoms with Gasteiger partial charge in [-0.1, -0.05) is 121 Å². The molecule has 0 aliphatic carbocycles. The van der Waals surface area contributed by atoms with Crippen LogP contribution in [0, 0.1) is 0 Å². The molecule has 0 spiro atoms. The standard InChI is InChI=1S/C62H40N6S/c1-3-15-41(16-4-1)59-57(63-53-23-11-13-37-65(53)59)39-25-29-43(30-26-39)67-49-21-9-7-19-47(49)55-51(67)35-33-45-46-34-36-52-56(62(46)69-61(45)55)48-20-8-10-22-50(48)68(52)44-31-27-40(28-32-44)58-60(42-17-5-2-6-18-42)66-38-14-12-24-54(66)64-58/h1-38,59-60H/q+2. The minimum absolute atomic E-state index is 0.00682. The van der Waals surface area contributed by atoms with Gasteiger partial charge in [0.25, 0.3) is 0 Å². The number of aromatic nitrogens is 4. The van der Waals surface area contributed by atoms with Gasteiger partial charge in [-0.2, -0.15) is 0 Å². The predicted molar refractivity (Wildman–Crippen MR) is 283 cm³/mol. The normalized spacial score (nSPS) is 15.4. The fraction of sp³-hybridized carbons (Fsp3) is 0.0323. The molecule has 5 aromatic heterocycles. The molecule has 0 radical (unpaired) electrons. The highest BCUT2D eigenvalue weighted by atomic mass is 32.1. The number of benzene rings is 8. The summed E-state index contributed by atoms with van der Waals surface area (Å²) in [7, 11) is 0. The maximum atomic E-state index is 5.19. The van der Waals surface area contributed by atoms with Crippen LogP contribution < -0.4 is 9.13 Å². The Morgan fingerprint density at radius 3 is 1.20 bits per heavy atom. The quantitative estimate of drug-likeness (QED) is 0.149. The second-order valence-corrected chi connectivity index (χ2v) is 19.1. The van der Waals surface area contributed by atoms with Crippen molar-refractivity contribution < 1.29 is 9.13 Å². The van der Waals surface area contributed by atoms with Crippen molar-refractivity contribution in [2.45, 2.75) is 12.1 Å². The fourth-order valence-corrected chi connectivity index (χ4v) is 12.8. The van der Waals surface area contributed by atoms with E-state index in [1.54, 1.807) is 0 Å². The van der Waals surface area contributed by atoms with Crippen molar-refractivity contribution in [2.24, 2.45) is 9.98 Å². The molecule has 0 saturated heterocycles. The second kappa shape index (κ2) is 14.9. The highest BCUT2D eigenvalue weighted by Crippen LogP contribution is 2.48. The van der Waals surface area contributed by atoms with Crippen molar-refractivity contribution in [3.63, 3.8) is 0 Å². The summed E-state index contributed by atoms with van der Waals surface area (Å²) in [5, 5.41) is 7.67. The molecule has 322 valence electrons. The van der Waals surface area contributed by atoms with Crippen molar-refractivity contribution in [3.8, 4) is 11.4 Å². The molecule has 8 aromatic carbocycles. The molecular weight excluding hydrogens is 861 g/mol. The molecule has 2 unspecified atom stereocenters. The minimum atomic E-state index is 0.00682. The molecule has 2 atom stereocenters. The highest BCUT2D eigenvalue weighted by Gasteiger charge is 2.39. The van der Waals surface area contributed by atoms with E-state index in [1.807, 2.05) is 11.3 Å². The van der Waals surface area contributed by atoms with Gasteiger partial charge in [-0.05, 0) is 94.9 Å². The number of nitrogens with zero attached hydrogens (tertiary/aromatic N) is 6. The van der Waals surface area contributed by atoms with E-state index >= 15 is 0 Å². The van der Waals surface area contributed by atoms with Crippen LogP contribution in [0.1, 0.15) is 34.3 Å². The smallest absolute Gasteiger partial charge is 0.309 e. The predicted octanol–water partition coefficient (Wildman–Crippen LogP) is 14.3. The van der Waals surface area contributed by atoms with Crippen molar-refractivity contribution in [1.82, 2.24) is 9.13 Å². The molecule has 7 heteroatoms. The fourth-order valence-electron chi connectivity index (χ4n) is 11.4. The van der Waals surface area contributed by atoms with E-state index in [2.05, 4.69) is 249 Å². The maximum absolute atomic E-state index is 5.19. The van der Waals surface area contributed by atoms with Crippen LogP contribution in [0.25, 0.3) is 75.2 Å². The third kappa shape index (κ3) is 5.65. The van der Waals surface area contributed by atoms with Gasteiger partial charge >= 0.3 is 11.6 Å². The van der Waals surface area contributed by atoms with Gasteiger partial charge in [0.15, 0.2) is 12.1 Å². The van der Waals surface area contributed by atoms with Crippen molar-refractivity contribution in [1.29, 1.82) is 0 Å². The molecule has 0 N–H and O–H groups in total. The van der Waals surface area contributed by atoms with Gasteiger partial charge in [0.1, 0.15) is 0 Å². The number of hydrogen-bond donors (Lipinski definition) is 0. The summed E-state index contributed by atoms with van der Waals surface area (Å²) in [5.41, 5.74) is 13.8. The van der Waals surface area contributed by atoms with Crippen molar-refractivity contribution >= 4 is 98.2 Å². The summed E-state index contributed by atoms with van der Waals surface area (Å²) >= 11 is 1.93. The Labute approximate surface area is 400 Å². The Morgan fingerprint density at radius 1 is 0.348 bits per heavy atom. The molecule has 15 rings (SSSR count). The van der Waals surface area contributed by atoms with Gasteiger partial charge in [-0.15, -0.1) is 11.3 Å². The Bertz CT molecular complexity index is 4020. The average molecular weight is 901 g/mol. The maximum Gasteiger partial charge on any atom is 0.324 e. The van der Waals surface area contributed by atoms with Crippen LogP contribution in [-0.2, 0) is 0 Å². The number of fused-ring (bicyclic) bond motifs is 13. The molecule has 0 amide bonds. The number of para-hydroxylation sites is 2. The summed E-state index contributed by atoms with van der Waals surface area (Å²) in [6.07, 6.45) is 4.28. The highest BCUT2D eigenvalue weighted by molar-refractivity contribution is 7.27. The Kier molecular flexibility index (Phi) is 8.26. The molecule has 13 aromatic rings. The van der Waals surface area contributed by atoms with Gasteiger partial charge in [-0.3, -0.25) is 0 Å². The third-order valence-corrected chi connectivity index (χ3v) is 15.7. The second-order valence-electron chi connectivity index (χ2n) is 18.1. The number of aliphatic imine (C=N–C) groups is 2. The number of hydrogen-bond acceptors (Lipinski definition) is 3. The first-order valence-electron chi connectivity index (χ1n) is 23.5. The van der Waals surface area contributed by atoms with E-state index in [0.29, 0.717) is 0 Å². The molecule has 6 nitrogen and oxygen atoms in total. The lowest BCUT2D eigenvalue weighted by Gasteiger charge is -2.12. The van der Waals surface area contributed by atoms with Crippen molar-refractivity contribution in [3.05, 3.63) is 253 Å². The summed E-state index contributed by atoms with van der Waals surface area (Å²) in [6.45, 7) is 0. The molecule has 7 heterocycles. The first kappa shape index (κ1) is 38.3. The average Bonchev–Trinajstić information content (AvgIpc) is 4.24. The van der Waals surface area contributed by atoms with Gasteiger partial charge in [-0.25, -0.2) is 9.13 Å². The number of thiophene rings is 1. The van der Waals surface area contributed by atoms with Crippen molar-refractivity contribution in [2.75, 3.05) is 0 Å². The van der Waals surface area contributed by atoms with E-state index in [9.17, 15) is 0 Å².